The van der Waals surface area contributed by atoms with Crippen LogP contribution in [0.3, 0.4) is 0 Å². The molecule has 116 valence electrons. The summed E-state index contributed by atoms with van der Waals surface area (Å²) in [6.07, 6.45) is 0. The molecule has 2 rings (SSSR count). The molecule has 0 radical (unpaired) electrons. The Kier molecular flexibility index (Phi) is 5.97. The normalized spacial score (nSPS) is 12.0. The van der Waals surface area contributed by atoms with Gasteiger partial charge in [-0.05, 0) is 30.7 Å². The molecule has 0 unspecified atom stereocenters. The molecular formula is C16H14BrF2NOS. The van der Waals surface area contributed by atoms with Crippen molar-refractivity contribution in [1.82, 2.24) is 0 Å². The van der Waals surface area contributed by atoms with Gasteiger partial charge in [-0.2, -0.15) is 0 Å². The van der Waals surface area contributed by atoms with E-state index in [1.54, 1.807) is 6.92 Å². The molecule has 0 saturated heterocycles. The number of rotatable bonds is 5. The fourth-order valence-electron chi connectivity index (χ4n) is 1.73. The Balaban J connectivity index is 1.95. The molecule has 6 heteroatoms. The lowest BCUT2D eigenvalue weighted by atomic mass is 10.2. The highest BCUT2D eigenvalue weighted by atomic mass is 79.9. The van der Waals surface area contributed by atoms with E-state index in [1.807, 2.05) is 24.3 Å². The minimum atomic E-state index is -0.655. The number of benzene rings is 2. The van der Waals surface area contributed by atoms with Crippen LogP contribution in [0.4, 0.5) is 14.5 Å². The molecule has 1 amide bonds. The summed E-state index contributed by atoms with van der Waals surface area (Å²) in [5, 5.41) is 2.02. The maximum absolute atomic E-state index is 13.5. The van der Waals surface area contributed by atoms with Gasteiger partial charge in [-0.25, -0.2) is 8.78 Å². The van der Waals surface area contributed by atoms with Crippen molar-refractivity contribution in [2.45, 2.75) is 17.9 Å². The van der Waals surface area contributed by atoms with Crippen LogP contribution in [0.25, 0.3) is 0 Å². The third-order valence-corrected chi connectivity index (χ3v) is 4.97. The molecule has 0 fully saturated rings. The first-order chi connectivity index (χ1) is 10.5. The number of amides is 1. The lowest BCUT2D eigenvalue weighted by molar-refractivity contribution is -0.115. The van der Waals surface area contributed by atoms with E-state index in [9.17, 15) is 13.6 Å². The molecule has 1 atom stereocenters. The summed E-state index contributed by atoms with van der Waals surface area (Å²) in [4.78, 5) is 12.0. The summed E-state index contributed by atoms with van der Waals surface area (Å²) >= 11 is 4.87. The molecule has 2 aromatic rings. The van der Waals surface area contributed by atoms with Gasteiger partial charge in [0, 0.05) is 16.3 Å². The molecule has 0 aromatic heterocycles. The number of carbonyl (C=O) groups is 1. The SMILES string of the molecule is C[C@@H](SCc1ccccc1Br)C(=O)Nc1cc(F)ccc1F. The van der Waals surface area contributed by atoms with Crippen molar-refractivity contribution in [3.63, 3.8) is 0 Å². The molecule has 22 heavy (non-hydrogen) atoms. The second-order valence-corrected chi connectivity index (χ2v) is 6.84. The van der Waals surface area contributed by atoms with Crippen molar-refractivity contribution >= 4 is 39.3 Å². The second-order valence-electron chi connectivity index (χ2n) is 4.66. The Morgan fingerprint density at radius 2 is 2.00 bits per heavy atom. The minimum absolute atomic E-state index is 0.140. The fourth-order valence-corrected chi connectivity index (χ4v) is 3.24. The quantitative estimate of drug-likeness (QED) is 0.785. The van der Waals surface area contributed by atoms with E-state index in [0.717, 1.165) is 28.2 Å². The van der Waals surface area contributed by atoms with Crippen LogP contribution in [-0.4, -0.2) is 11.2 Å². The number of hydrogen-bond acceptors (Lipinski definition) is 2. The summed E-state index contributed by atoms with van der Waals surface area (Å²) in [5.41, 5.74) is 0.933. The van der Waals surface area contributed by atoms with Gasteiger partial charge < -0.3 is 5.32 Å². The van der Waals surface area contributed by atoms with E-state index < -0.39 is 16.9 Å². The first-order valence-corrected chi connectivity index (χ1v) is 8.42. The molecule has 1 N–H and O–H groups in total. The average Bonchev–Trinajstić information content (AvgIpc) is 2.49. The van der Waals surface area contributed by atoms with Crippen molar-refractivity contribution < 1.29 is 13.6 Å². The highest BCUT2D eigenvalue weighted by Crippen LogP contribution is 2.25. The monoisotopic (exact) mass is 385 g/mol. The molecular weight excluding hydrogens is 372 g/mol. The minimum Gasteiger partial charge on any atom is -0.323 e. The first kappa shape index (κ1) is 17.0. The van der Waals surface area contributed by atoms with Gasteiger partial charge in [-0.3, -0.25) is 4.79 Å². The zero-order valence-electron chi connectivity index (χ0n) is 11.8. The first-order valence-electron chi connectivity index (χ1n) is 6.58. The maximum atomic E-state index is 13.5. The van der Waals surface area contributed by atoms with Gasteiger partial charge in [0.1, 0.15) is 11.6 Å². The Labute approximate surface area is 140 Å². The van der Waals surface area contributed by atoms with Gasteiger partial charge in [0.25, 0.3) is 0 Å². The van der Waals surface area contributed by atoms with E-state index in [-0.39, 0.29) is 11.6 Å². The van der Waals surface area contributed by atoms with Crippen molar-refractivity contribution in [2.75, 3.05) is 5.32 Å². The number of halogens is 3. The lowest BCUT2D eigenvalue weighted by Gasteiger charge is -2.13. The van der Waals surface area contributed by atoms with E-state index >= 15 is 0 Å². The summed E-state index contributed by atoms with van der Waals surface area (Å²) in [5.74, 6) is -0.966. The van der Waals surface area contributed by atoms with Gasteiger partial charge in [0.05, 0.1) is 10.9 Å². The Morgan fingerprint density at radius 1 is 1.27 bits per heavy atom. The number of nitrogens with one attached hydrogen (secondary N) is 1. The van der Waals surface area contributed by atoms with Crippen molar-refractivity contribution in [3.8, 4) is 0 Å². The van der Waals surface area contributed by atoms with Gasteiger partial charge in [0.2, 0.25) is 5.91 Å². The third kappa shape index (κ3) is 4.55. The summed E-state index contributed by atoms with van der Waals surface area (Å²) in [6, 6.07) is 10.7. The molecule has 0 aliphatic heterocycles. The highest BCUT2D eigenvalue weighted by molar-refractivity contribution is 9.10. The summed E-state index contributed by atoms with van der Waals surface area (Å²) < 4.78 is 27.6. The number of carbonyl (C=O) groups excluding carboxylic acids is 1. The Morgan fingerprint density at radius 3 is 2.73 bits per heavy atom. The standard InChI is InChI=1S/C16H14BrF2NOS/c1-10(22-9-11-4-2-3-5-13(11)17)16(21)20-15-8-12(18)6-7-14(15)19/h2-8,10H,9H2,1H3,(H,20,21)/t10-/m1/s1. The van der Waals surface area contributed by atoms with Crippen LogP contribution in [0.5, 0.6) is 0 Å². The van der Waals surface area contributed by atoms with Crippen LogP contribution in [0, 0.1) is 11.6 Å². The van der Waals surface area contributed by atoms with E-state index in [4.69, 9.17) is 0 Å². The number of anilines is 1. The molecule has 0 heterocycles. The average molecular weight is 386 g/mol. The second kappa shape index (κ2) is 7.74. The van der Waals surface area contributed by atoms with Gasteiger partial charge >= 0.3 is 0 Å². The molecule has 2 nitrogen and oxygen atoms in total. The molecule has 0 bridgehead atoms. The molecule has 0 spiro atoms. The lowest BCUT2D eigenvalue weighted by Crippen LogP contribution is -2.23. The zero-order valence-corrected chi connectivity index (χ0v) is 14.2. The molecule has 0 aliphatic rings. The molecule has 0 saturated carbocycles. The van der Waals surface area contributed by atoms with Gasteiger partial charge in [-0.1, -0.05) is 34.1 Å². The Hall–Kier alpha value is -1.40. The number of hydrogen-bond donors (Lipinski definition) is 1. The van der Waals surface area contributed by atoms with Crippen LogP contribution >= 0.6 is 27.7 Å². The Bertz CT molecular complexity index is 681. The van der Waals surface area contributed by atoms with Crippen molar-refractivity contribution in [2.24, 2.45) is 0 Å². The van der Waals surface area contributed by atoms with Gasteiger partial charge in [0.15, 0.2) is 0 Å². The van der Waals surface area contributed by atoms with Crippen molar-refractivity contribution in [3.05, 3.63) is 64.1 Å². The van der Waals surface area contributed by atoms with Crippen LogP contribution in [0.1, 0.15) is 12.5 Å². The molecule has 2 aromatic carbocycles. The maximum Gasteiger partial charge on any atom is 0.237 e. The molecule has 0 aliphatic carbocycles. The number of thioether (sulfide) groups is 1. The van der Waals surface area contributed by atoms with Gasteiger partial charge in [-0.15, -0.1) is 11.8 Å². The zero-order chi connectivity index (χ0) is 16.1. The van der Waals surface area contributed by atoms with Crippen LogP contribution in [-0.2, 0) is 10.5 Å². The third-order valence-electron chi connectivity index (χ3n) is 3.00. The summed E-state index contributed by atoms with van der Waals surface area (Å²) in [7, 11) is 0. The van der Waals surface area contributed by atoms with E-state index in [0.29, 0.717) is 5.75 Å². The predicted octanol–water partition coefficient (Wildman–Crippen LogP) is 4.99. The van der Waals surface area contributed by atoms with Crippen LogP contribution < -0.4 is 5.32 Å². The summed E-state index contributed by atoms with van der Waals surface area (Å²) in [6.45, 7) is 1.73. The van der Waals surface area contributed by atoms with E-state index in [2.05, 4.69) is 21.2 Å². The highest BCUT2D eigenvalue weighted by Gasteiger charge is 2.16. The predicted molar refractivity (Wildman–Crippen MR) is 89.9 cm³/mol. The fraction of sp³-hybridized carbons (Fsp3) is 0.188. The largest absolute Gasteiger partial charge is 0.323 e. The smallest absolute Gasteiger partial charge is 0.237 e. The van der Waals surface area contributed by atoms with Crippen molar-refractivity contribution in [1.29, 1.82) is 0 Å². The van der Waals surface area contributed by atoms with E-state index in [1.165, 1.54) is 11.8 Å². The van der Waals surface area contributed by atoms with Crippen LogP contribution in [0.2, 0.25) is 0 Å². The van der Waals surface area contributed by atoms with Crippen LogP contribution in [0.15, 0.2) is 46.9 Å². The topological polar surface area (TPSA) is 29.1 Å².